The lowest BCUT2D eigenvalue weighted by Gasteiger charge is -2.15. The van der Waals surface area contributed by atoms with Crippen LogP contribution < -0.4 is 9.64 Å². The molecule has 0 atom stereocenters. The Bertz CT molecular complexity index is 342. The van der Waals surface area contributed by atoms with Gasteiger partial charge in [0.1, 0.15) is 11.6 Å². The largest absolute Gasteiger partial charge is 0.425 e. The molecule has 4 heteroatoms. The van der Waals surface area contributed by atoms with E-state index in [1.165, 1.54) is 19.8 Å². The molecule has 0 radical (unpaired) electrons. The number of carbonyl (C=O) groups excluding carboxylic acids is 1. The van der Waals surface area contributed by atoms with Gasteiger partial charge in [-0.15, -0.1) is 0 Å². The minimum atomic E-state index is -0.314. The lowest BCUT2D eigenvalue weighted by atomic mass is 10.4. The summed E-state index contributed by atoms with van der Waals surface area (Å²) in [7, 11) is 0. The Labute approximate surface area is 88.9 Å². The molecule has 1 aliphatic heterocycles. The van der Waals surface area contributed by atoms with Gasteiger partial charge < -0.3 is 9.64 Å². The van der Waals surface area contributed by atoms with Crippen LogP contribution in [0.3, 0.4) is 0 Å². The van der Waals surface area contributed by atoms with Gasteiger partial charge in [-0.3, -0.25) is 4.79 Å². The van der Waals surface area contributed by atoms with Gasteiger partial charge in [0.2, 0.25) is 0 Å². The van der Waals surface area contributed by atoms with Crippen LogP contribution in [0.5, 0.6) is 5.75 Å². The molecule has 0 N–H and O–H groups in total. The third-order valence-corrected chi connectivity index (χ3v) is 2.41. The summed E-state index contributed by atoms with van der Waals surface area (Å²) in [6.45, 7) is 3.52. The van der Waals surface area contributed by atoms with Crippen molar-refractivity contribution in [3.63, 3.8) is 0 Å². The van der Waals surface area contributed by atoms with Crippen LogP contribution in [0.15, 0.2) is 18.3 Å². The average Bonchev–Trinajstić information content (AvgIpc) is 2.71. The van der Waals surface area contributed by atoms with Crippen LogP contribution in [-0.4, -0.2) is 24.0 Å². The van der Waals surface area contributed by atoms with E-state index >= 15 is 0 Å². The molecule has 1 aromatic heterocycles. The molecule has 2 rings (SSSR count). The molecule has 1 aliphatic rings. The van der Waals surface area contributed by atoms with Crippen LogP contribution in [0.2, 0.25) is 0 Å². The van der Waals surface area contributed by atoms with Crippen LogP contribution in [0.1, 0.15) is 19.8 Å². The van der Waals surface area contributed by atoms with E-state index in [-0.39, 0.29) is 5.97 Å². The lowest BCUT2D eigenvalue weighted by molar-refractivity contribution is -0.131. The van der Waals surface area contributed by atoms with E-state index in [1.54, 1.807) is 12.3 Å². The number of nitrogens with zero attached hydrogens (tertiary/aromatic N) is 2. The molecule has 4 nitrogen and oxygen atoms in total. The summed E-state index contributed by atoms with van der Waals surface area (Å²) in [4.78, 5) is 17.2. The summed E-state index contributed by atoms with van der Waals surface area (Å²) in [5.74, 6) is 1.15. The average molecular weight is 206 g/mol. The number of aromatic nitrogens is 1. The fourth-order valence-corrected chi connectivity index (χ4v) is 1.73. The van der Waals surface area contributed by atoms with Gasteiger partial charge in [0, 0.05) is 20.0 Å². The van der Waals surface area contributed by atoms with Crippen molar-refractivity contribution in [1.29, 1.82) is 0 Å². The molecular weight excluding hydrogens is 192 g/mol. The number of pyridine rings is 1. The van der Waals surface area contributed by atoms with Gasteiger partial charge >= 0.3 is 5.97 Å². The topological polar surface area (TPSA) is 42.4 Å². The maximum absolute atomic E-state index is 10.7. The summed E-state index contributed by atoms with van der Waals surface area (Å²) >= 11 is 0. The fraction of sp³-hybridized carbons (Fsp3) is 0.455. The van der Waals surface area contributed by atoms with Crippen LogP contribution in [-0.2, 0) is 4.79 Å². The van der Waals surface area contributed by atoms with Crippen molar-refractivity contribution >= 4 is 11.8 Å². The molecule has 80 valence electrons. The summed E-state index contributed by atoms with van der Waals surface area (Å²) in [6, 6.07) is 3.67. The molecular formula is C11H14N2O2. The van der Waals surface area contributed by atoms with Gasteiger partial charge in [0.05, 0.1) is 6.20 Å². The van der Waals surface area contributed by atoms with E-state index in [0.717, 1.165) is 18.9 Å². The Balaban J connectivity index is 2.06. The first-order valence-electron chi connectivity index (χ1n) is 5.15. The molecule has 0 aliphatic carbocycles. The summed E-state index contributed by atoms with van der Waals surface area (Å²) in [5.41, 5.74) is 0. The van der Waals surface area contributed by atoms with E-state index in [1.807, 2.05) is 6.07 Å². The molecule has 1 saturated heterocycles. The molecule has 1 fully saturated rings. The summed E-state index contributed by atoms with van der Waals surface area (Å²) in [5, 5.41) is 0. The normalized spacial score (nSPS) is 15.4. The number of carbonyl (C=O) groups is 1. The van der Waals surface area contributed by atoms with E-state index in [2.05, 4.69) is 9.88 Å². The van der Waals surface area contributed by atoms with Crippen molar-refractivity contribution in [2.45, 2.75) is 19.8 Å². The molecule has 15 heavy (non-hydrogen) atoms. The third-order valence-electron chi connectivity index (χ3n) is 2.41. The van der Waals surface area contributed by atoms with Crippen molar-refractivity contribution < 1.29 is 9.53 Å². The zero-order chi connectivity index (χ0) is 10.7. The van der Waals surface area contributed by atoms with Crippen molar-refractivity contribution in [2.75, 3.05) is 18.0 Å². The maximum Gasteiger partial charge on any atom is 0.308 e. The number of hydrogen-bond donors (Lipinski definition) is 0. The first-order chi connectivity index (χ1) is 7.25. The first-order valence-corrected chi connectivity index (χ1v) is 5.15. The zero-order valence-electron chi connectivity index (χ0n) is 8.77. The van der Waals surface area contributed by atoms with Gasteiger partial charge in [-0.25, -0.2) is 4.98 Å². The predicted molar refractivity (Wildman–Crippen MR) is 57.0 cm³/mol. The Morgan fingerprint density at radius 3 is 2.67 bits per heavy atom. The smallest absolute Gasteiger partial charge is 0.308 e. The van der Waals surface area contributed by atoms with Crippen molar-refractivity contribution in [1.82, 2.24) is 4.98 Å². The van der Waals surface area contributed by atoms with Gasteiger partial charge in [-0.05, 0) is 25.0 Å². The lowest BCUT2D eigenvalue weighted by Crippen LogP contribution is -2.18. The Morgan fingerprint density at radius 2 is 2.13 bits per heavy atom. The van der Waals surface area contributed by atoms with Gasteiger partial charge in [-0.1, -0.05) is 0 Å². The molecule has 0 saturated carbocycles. The first kappa shape index (κ1) is 9.96. The Kier molecular flexibility index (Phi) is 2.85. The molecule has 1 aromatic rings. The SMILES string of the molecule is CC(=O)Oc1ccc(N2CCCC2)nc1. The monoisotopic (exact) mass is 206 g/mol. The molecule has 2 heterocycles. The molecule has 0 bridgehead atoms. The van der Waals surface area contributed by atoms with E-state index in [0.29, 0.717) is 5.75 Å². The highest BCUT2D eigenvalue weighted by molar-refractivity contribution is 5.69. The number of esters is 1. The highest BCUT2D eigenvalue weighted by atomic mass is 16.5. The second-order valence-electron chi connectivity index (χ2n) is 3.64. The highest BCUT2D eigenvalue weighted by Crippen LogP contribution is 2.19. The van der Waals surface area contributed by atoms with Gasteiger partial charge in [0.15, 0.2) is 0 Å². The second-order valence-corrected chi connectivity index (χ2v) is 3.64. The molecule has 0 amide bonds. The van der Waals surface area contributed by atoms with Gasteiger partial charge in [-0.2, -0.15) is 0 Å². The van der Waals surface area contributed by atoms with Crippen molar-refractivity contribution in [3.05, 3.63) is 18.3 Å². The zero-order valence-corrected chi connectivity index (χ0v) is 8.77. The minimum absolute atomic E-state index is 0.314. The minimum Gasteiger partial charge on any atom is -0.425 e. The van der Waals surface area contributed by atoms with Gasteiger partial charge in [0.25, 0.3) is 0 Å². The third kappa shape index (κ3) is 2.46. The van der Waals surface area contributed by atoms with Crippen LogP contribution >= 0.6 is 0 Å². The standard InChI is InChI=1S/C11H14N2O2/c1-9(14)15-10-4-5-11(12-8-10)13-6-2-3-7-13/h4-5,8H,2-3,6-7H2,1H3. The van der Waals surface area contributed by atoms with Crippen molar-refractivity contribution in [3.8, 4) is 5.75 Å². The fourth-order valence-electron chi connectivity index (χ4n) is 1.73. The Morgan fingerprint density at radius 1 is 1.40 bits per heavy atom. The second kappa shape index (κ2) is 4.29. The van der Waals surface area contributed by atoms with Crippen LogP contribution in [0.25, 0.3) is 0 Å². The number of ether oxygens (including phenoxy) is 1. The Hall–Kier alpha value is -1.58. The highest BCUT2D eigenvalue weighted by Gasteiger charge is 2.13. The molecule has 0 aromatic carbocycles. The maximum atomic E-state index is 10.7. The van der Waals surface area contributed by atoms with E-state index in [4.69, 9.17) is 4.74 Å². The quantitative estimate of drug-likeness (QED) is 0.689. The number of hydrogen-bond acceptors (Lipinski definition) is 4. The van der Waals surface area contributed by atoms with E-state index < -0.39 is 0 Å². The molecule has 0 unspecified atom stereocenters. The van der Waals surface area contributed by atoms with Crippen LogP contribution in [0, 0.1) is 0 Å². The van der Waals surface area contributed by atoms with Crippen LogP contribution in [0.4, 0.5) is 5.82 Å². The van der Waals surface area contributed by atoms with E-state index in [9.17, 15) is 4.79 Å². The summed E-state index contributed by atoms with van der Waals surface area (Å²) < 4.78 is 4.91. The number of rotatable bonds is 2. The van der Waals surface area contributed by atoms with Crippen molar-refractivity contribution in [2.24, 2.45) is 0 Å². The predicted octanol–water partition coefficient (Wildman–Crippen LogP) is 1.61. The summed E-state index contributed by atoms with van der Waals surface area (Å²) in [6.07, 6.45) is 4.05. The number of anilines is 1. The molecule has 0 spiro atoms.